The first-order valence-corrected chi connectivity index (χ1v) is 11.3. The van der Waals surface area contributed by atoms with Crippen LogP contribution in [0.1, 0.15) is 5.56 Å². The normalized spacial score (nSPS) is 12.8. The van der Waals surface area contributed by atoms with Crippen LogP contribution < -0.4 is 21.3 Å². The number of nitriles is 1. The van der Waals surface area contributed by atoms with Crippen LogP contribution in [0.2, 0.25) is 0 Å². The average Bonchev–Trinajstić information content (AvgIpc) is 2.98. The van der Waals surface area contributed by atoms with Crippen molar-refractivity contribution in [3.8, 4) is 6.07 Å². The van der Waals surface area contributed by atoms with Gasteiger partial charge in [0.1, 0.15) is 0 Å². The van der Waals surface area contributed by atoms with Gasteiger partial charge in [-0.1, -0.05) is 89.8 Å². The molecule has 3 heteroatoms. The second-order valence-electron chi connectivity index (χ2n) is 8.92. The Balaban J connectivity index is 1.73. The minimum Gasteiger partial charge on any atom is -0.345 e. The highest BCUT2D eigenvalue weighted by atomic mass is 15.1. The molecule has 7 rings (SSSR count). The van der Waals surface area contributed by atoms with E-state index in [1.54, 1.807) is 0 Å². The number of hydrogen-bond acceptors (Lipinski definition) is 2. The lowest BCUT2D eigenvalue weighted by Crippen LogP contribution is -2.52. The molecule has 0 bridgehead atoms. The standard InChI is InChI=1S/C30H19BN2/c1-33-26-10-6-5-9-24(26)31(22-7-3-2-4-8-22)25-16-14-19-13-15-23-21(18-32)12-11-20-17-27(33)30(25)29(19)28(20)23/h2-17H,1H3. The highest BCUT2D eigenvalue weighted by molar-refractivity contribution is 6.98. The number of anilines is 2. The molecular weight excluding hydrogens is 399 g/mol. The molecule has 152 valence electrons. The third-order valence-corrected chi connectivity index (χ3v) is 7.31. The smallest absolute Gasteiger partial charge is 0.244 e. The van der Waals surface area contributed by atoms with E-state index in [1.807, 2.05) is 6.07 Å². The highest BCUT2D eigenvalue weighted by Crippen LogP contribution is 2.42. The van der Waals surface area contributed by atoms with E-state index in [4.69, 9.17) is 0 Å². The highest BCUT2D eigenvalue weighted by Gasteiger charge is 2.32. The summed E-state index contributed by atoms with van der Waals surface area (Å²) < 4.78 is 0. The molecule has 0 fully saturated rings. The minimum atomic E-state index is 0.131. The Labute approximate surface area is 192 Å². The van der Waals surface area contributed by atoms with E-state index in [2.05, 4.69) is 109 Å². The fraction of sp³-hybridized carbons (Fsp3) is 0.0333. The molecule has 0 radical (unpaired) electrons. The molecule has 0 spiro atoms. The second kappa shape index (κ2) is 6.61. The zero-order valence-corrected chi connectivity index (χ0v) is 18.2. The van der Waals surface area contributed by atoms with Crippen molar-refractivity contribution in [2.45, 2.75) is 0 Å². The quantitative estimate of drug-likeness (QED) is 0.276. The maximum absolute atomic E-state index is 9.77. The molecule has 33 heavy (non-hydrogen) atoms. The molecule has 0 saturated heterocycles. The Kier molecular flexibility index (Phi) is 3.66. The van der Waals surface area contributed by atoms with Crippen LogP contribution >= 0.6 is 0 Å². The Morgan fingerprint density at radius 1 is 0.667 bits per heavy atom. The average molecular weight is 418 g/mol. The lowest BCUT2D eigenvalue weighted by molar-refractivity contribution is 1.24. The molecule has 0 aliphatic carbocycles. The van der Waals surface area contributed by atoms with E-state index in [1.165, 1.54) is 54.7 Å². The summed E-state index contributed by atoms with van der Waals surface area (Å²) in [6.45, 7) is 0.131. The first kappa shape index (κ1) is 18.3. The molecule has 6 aromatic carbocycles. The minimum absolute atomic E-state index is 0.131. The van der Waals surface area contributed by atoms with Gasteiger partial charge in [-0.15, -0.1) is 0 Å². The fourth-order valence-corrected chi connectivity index (χ4v) is 5.86. The maximum atomic E-state index is 9.77. The van der Waals surface area contributed by atoms with Crippen molar-refractivity contribution in [3.05, 3.63) is 103 Å². The van der Waals surface area contributed by atoms with Crippen molar-refractivity contribution in [2.24, 2.45) is 0 Å². The van der Waals surface area contributed by atoms with Crippen LogP contribution in [0.25, 0.3) is 32.3 Å². The zero-order chi connectivity index (χ0) is 22.1. The van der Waals surface area contributed by atoms with Gasteiger partial charge in [0.05, 0.1) is 11.6 Å². The number of para-hydroxylation sites is 1. The van der Waals surface area contributed by atoms with Gasteiger partial charge in [-0.05, 0) is 45.2 Å². The van der Waals surface area contributed by atoms with E-state index in [-0.39, 0.29) is 6.71 Å². The summed E-state index contributed by atoms with van der Waals surface area (Å²) in [5.41, 5.74) is 7.09. The first-order chi connectivity index (χ1) is 16.3. The Morgan fingerprint density at radius 2 is 1.42 bits per heavy atom. The summed E-state index contributed by atoms with van der Waals surface area (Å²) in [4.78, 5) is 2.34. The predicted octanol–water partition coefficient (Wildman–Crippen LogP) is 5.05. The van der Waals surface area contributed by atoms with E-state index < -0.39 is 0 Å². The molecule has 2 nitrogen and oxygen atoms in total. The third kappa shape index (κ3) is 2.38. The summed E-state index contributed by atoms with van der Waals surface area (Å²) >= 11 is 0. The topological polar surface area (TPSA) is 27.0 Å². The van der Waals surface area contributed by atoms with Gasteiger partial charge in [0.15, 0.2) is 0 Å². The Morgan fingerprint density at radius 3 is 2.27 bits per heavy atom. The molecular formula is C30H19BN2. The predicted molar refractivity (Wildman–Crippen MR) is 140 cm³/mol. The molecule has 0 aromatic heterocycles. The Hall–Kier alpha value is -4.29. The second-order valence-corrected chi connectivity index (χ2v) is 8.92. The van der Waals surface area contributed by atoms with E-state index in [0.717, 1.165) is 10.9 Å². The number of rotatable bonds is 1. The molecule has 0 saturated carbocycles. The van der Waals surface area contributed by atoms with Gasteiger partial charge < -0.3 is 4.90 Å². The van der Waals surface area contributed by atoms with Gasteiger partial charge in [-0.25, -0.2) is 0 Å². The van der Waals surface area contributed by atoms with E-state index >= 15 is 0 Å². The van der Waals surface area contributed by atoms with Crippen molar-refractivity contribution in [1.29, 1.82) is 5.26 Å². The molecule has 6 aromatic rings. The van der Waals surface area contributed by atoms with Crippen LogP contribution in [0, 0.1) is 11.3 Å². The van der Waals surface area contributed by atoms with Gasteiger partial charge in [-0.3, -0.25) is 0 Å². The number of benzene rings is 6. The van der Waals surface area contributed by atoms with Crippen LogP contribution in [-0.2, 0) is 0 Å². The molecule has 0 unspecified atom stereocenters. The molecule has 0 amide bonds. The Bertz CT molecular complexity index is 1750. The zero-order valence-electron chi connectivity index (χ0n) is 18.2. The van der Waals surface area contributed by atoms with E-state index in [0.29, 0.717) is 0 Å². The summed E-state index contributed by atoms with van der Waals surface area (Å²) in [7, 11) is 2.18. The number of hydrogen-bond donors (Lipinski definition) is 0. The van der Waals surface area contributed by atoms with Crippen molar-refractivity contribution >= 4 is 66.8 Å². The van der Waals surface area contributed by atoms with Crippen LogP contribution in [-0.4, -0.2) is 13.8 Å². The van der Waals surface area contributed by atoms with Crippen molar-refractivity contribution in [3.63, 3.8) is 0 Å². The van der Waals surface area contributed by atoms with Crippen LogP contribution in [0.4, 0.5) is 11.4 Å². The first-order valence-electron chi connectivity index (χ1n) is 11.3. The van der Waals surface area contributed by atoms with Crippen LogP contribution in [0.5, 0.6) is 0 Å². The van der Waals surface area contributed by atoms with Gasteiger partial charge in [0.25, 0.3) is 0 Å². The molecule has 1 aliphatic rings. The molecule has 1 aliphatic heterocycles. The van der Waals surface area contributed by atoms with Gasteiger partial charge in [0.2, 0.25) is 6.71 Å². The van der Waals surface area contributed by atoms with Gasteiger partial charge >= 0.3 is 0 Å². The van der Waals surface area contributed by atoms with Gasteiger partial charge in [-0.2, -0.15) is 5.26 Å². The van der Waals surface area contributed by atoms with E-state index in [9.17, 15) is 5.26 Å². The fourth-order valence-electron chi connectivity index (χ4n) is 5.86. The van der Waals surface area contributed by atoms with Gasteiger partial charge in [0, 0.05) is 29.2 Å². The summed E-state index contributed by atoms with van der Waals surface area (Å²) in [6.07, 6.45) is 0. The van der Waals surface area contributed by atoms with Crippen molar-refractivity contribution in [1.82, 2.24) is 0 Å². The lowest BCUT2D eigenvalue weighted by Gasteiger charge is -2.24. The molecule has 0 N–H and O–H groups in total. The van der Waals surface area contributed by atoms with Crippen molar-refractivity contribution < 1.29 is 0 Å². The van der Waals surface area contributed by atoms with Crippen molar-refractivity contribution in [2.75, 3.05) is 11.9 Å². The number of fused-ring (bicyclic) bond motifs is 1. The summed E-state index contributed by atoms with van der Waals surface area (Å²) in [5.74, 6) is 0. The number of nitrogens with zero attached hydrogens (tertiary/aromatic N) is 2. The van der Waals surface area contributed by atoms with Crippen LogP contribution in [0.15, 0.2) is 97.1 Å². The SMILES string of the molecule is CN1c2ccccc2B(c2ccccc2)c2ccc3ccc4c(C#N)ccc5cc1c2c3c54. The third-order valence-electron chi connectivity index (χ3n) is 7.31. The molecule has 0 atom stereocenters. The van der Waals surface area contributed by atoms with Crippen LogP contribution in [0.3, 0.4) is 0 Å². The summed E-state index contributed by atoms with van der Waals surface area (Å²) in [6, 6.07) is 37.2. The monoisotopic (exact) mass is 418 g/mol. The summed E-state index contributed by atoms with van der Waals surface area (Å²) in [5, 5.41) is 16.9. The lowest BCUT2D eigenvalue weighted by atomic mass is 9.36. The molecule has 1 heterocycles. The maximum Gasteiger partial charge on any atom is 0.244 e. The largest absolute Gasteiger partial charge is 0.345 e.